The number of benzene rings is 1. The van der Waals surface area contributed by atoms with Crippen LogP contribution >= 0.6 is 0 Å². The van der Waals surface area contributed by atoms with Gasteiger partial charge in [-0.05, 0) is 55.2 Å². The molecule has 1 aliphatic rings. The third kappa shape index (κ3) is 5.22. The molecule has 0 bridgehead atoms. The Kier molecular flexibility index (Phi) is 6.10. The Morgan fingerprint density at radius 2 is 1.80 bits per heavy atom. The van der Waals surface area contributed by atoms with Crippen molar-refractivity contribution in [2.45, 2.75) is 64.6 Å². The molecule has 2 rings (SSSR count). The molecule has 3 nitrogen and oxygen atoms in total. The highest BCUT2D eigenvalue weighted by atomic mass is 16.6. The number of hydrogen-bond acceptors (Lipinski definition) is 3. The SMILES string of the molecule is C=CC1CCC(Oc2ccc(C(C)(C)C)cc2)C(OC(=O)C(=C)C)C1. The van der Waals surface area contributed by atoms with Crippen molar-refractivity contribution in [3.8, 4) is 5.75 Å². The van der Waals surface area contributed by atoms with Gasteiger partial charge >= 0.3 is 5.97 Å². The monoisotopic (exact) mass is 342 g/mol. The van der Waals surface area contributed by atoms with Gasteiger partial charge in [0.1, 0.15) is 18.0 Å². The van der Waals surface area contributed by atoms with Crippen LogP contribution in [0.25, 0.3) is 0 Å². The summed E-state index contributed by atoms with van der Waals surface area (Å²) in [6, 6.07) is 8.19. The van der Waals surface area contributed by atoms with E-state index in [4.69, 9.17) is 9.47 Å². The second kappa shape index (κ2) is 7.90. The van der Waals surface area contributed by atoms with Crippen molar-refractivity contribution >= 4 is 5.97 Å². The maximum Gasteiger partial charge on any atom is 0.333 e. The zero-order valence-electron chi connectivity index (χ0n) is 15.9. The van der Waals surface area contributed by atoms with Crippen LogP contribution in [0.15, 0.2) is 49.1 Å². The molecule has 0 aliphatic heterocycles. The van der Waals surface area contributed by atoms with E-state index in [1.165, 1.54) is 5.56 Å². The van der Waals surface area contributed by atoms with Crippen molar-refractivity contribution in [2.75, 3.05) is 0 Å². The highest BCUT2D eigenvalue weighted by molar-refractivity contribution is 5.87. The first-order chi connectivity index (χ1) is 11.7. The van der Waals surface area contributed by atoms with E-state index >= 15 is 0 Å². The number of carbonyl (C=O) groups is 1. The molecule has 1 aromatic rings. The molecule has 1 aliphatic carbocycles. The van der Waals surface area contributed by atoms with Gasteiger partial charge in [-0.1, -0.05) is 45.6 Å². The number of rotatable bonds is 5. The van der Waals surface area contributed by atoms with Crippen LogP contribution in [0.4, 0.5) is 0 Å². The average Bonchev–Trinajstić information content (AvgIpc) is 2.56. The molecule has 1 saturated carbocycles. The van der Waals surface area contributed by atoms with Gasteiger partial charge in [-0.3, -0.25) is 0 Å². The van der Waals surface area contributed by atoms with Crippen LogP contribution in [0.3, 0.4) is 0 Å². The number of ether oxygens (including phenoxy) is 2. The fourth-order valence-corrected chi connectivity index (χ4v) is 3.05. The summed E-state index contributed by atoms with van der Waals surface area (Å²) >= 11 is 0. The molecule has 25 heavy (non-hydrogen) atoms. The van der Waals surface area contributed by atoms with Gasteiger partial charge in [-0.2, -0.15) is 0 Å². The topological polar surface area (TPSA) is 35.5 Å². The van der Waals surface area contributed by atoms with Gasteiger partial charge < -0.3 is 9.47 Å². The Labute approximate surface area is 151 Å². The molecule has 0 spiro atoms. The lowest BCUT2D eigenvalue weighted by Gasteiger charge is -2.34. The lowest BCUT2D eigenvalue weighted by Crippen LogP contribution is -2.41. The van der Waals surface area contributed by atoms with Crippen molar-refractivity contribution in [3.63, 3.8) is 0 Å². The predicted octanol–water partition coefficient (Wildman–Crippen LogP) is 5.21. The summed E-state index contributed by atoms with van der Waals surface area (Å²) in [5.41, 5.74) is 1.79. The zero-order valence-corrected chi connectivity index (χ0v) is 15.9. The Balaban J connectivity index is 2.10. The molecule has 1 fully saturated rings. The molecule has 0 aromatic heterocycles. The number of allylic oxidation sites excluding steroid dienone is 1. The Morgan fingerprint density at radius 1 is 1.16 bits per heavy atom. The maximum atomic E-state index is 12.0. The molecule has 3 heteroatoms. The normalized spacial score (nSPS) is 23.6. The van der Waals surface area contributed by atoms with Crippen LogP contribution in [0.5, 0.6) is 5.75 Å². The van der Waals surface area contributed by atoms with Crippen molar-refractivity contribution < 1.29 is 14.3 Å². The molecule has 136 valence electrons. The van der Waals surface area contributed by atoms with Gasteiger partial charge in [0.2, 0.25) is 0 Å². The Hall–Kier alpha value is -2.03. The van der Waals surface area contributed by atoms with Gasteiger partial charge in [-0.25, -0.2) is 4.79 Å². The lowest BCUT2D eigenvalue weighted by molar-refractivity contribution is -0.152. The molecule has 3 unspecified atom stereocenters. The van der Waals surface area contributed by atoms with Gasteiger partial charge in [0.25, 0.3) is 0 Å². The number of carbonyl (C=O) groups excluding carboxylic acids is 1. The number of esters is 1. The van der Waals surface area contributed by atoms with E-state index in [2.05, 4.69) is 46.1 Å². The summed E-state index contributed by atoms with van der Waals surface area (Å²) in [6.07, 6.45) is 4.10. The molecule has 0 amide bonds. The minimum absolute atomic E-state index is 0.111. The first-order valence-electron chi connectivity index (χ1n) is 8.97. The molecular formula is C22H30O3. The lowest BCUT2D eigenvalue weighted by atomic mass is 9.85. The Bertz CT molecular complexity index is 622. The van der Waals surface area contributed by atoms with Crippen LogP contribution in [-0.2, 0) is 14.9 Å². The highest BCUT2D eigenvalue weighted by Crippen LogP contribution is 2.32. The fraction of sp³-hybridized carbons (Fsp3) is 0.500. The van der Waals surface area contributed by atoms with E-state index in [-0.39, 0.29) is 23.6 Å². The Morgan fingerprint density at radius 3 is 2.32 bits per heavy atom. The van der Waals surface area contributed by atoms with E-state index in [9.17, 15) is 4.79 Å². The van der Waals surface area contributed by atoms with E-state index in [0.717, 1.165) is 25.0 Å². The summed E-state index contributed by atoms with van der Waals surface area (Å²) in [5, 5.41) is 0. The van der Waals surface area contributed by atoms with Gasteiger partial charge in [-0.15, -0.1) is 6.58 Å². The second-order valence-corrected chi connectivity index (χ2v) is 7.96. The minimum atomic E-state index is -0.355. The van der Waals surface area contributed by atoms with Crippen LogP contribution in [0.2, 0.25) is 0 Å². The third-order valence-electron chi connectivity index (χ3n) is 4.72. The highest BCUT2D eigenvalue weighted by Gasteiger charge is 2.34. The standard InChI is InChI=1S/C22H30O3/c1-7-16-8-13-19(20(14-16)25-21(23)15(2)3)24-18-11-9-17(10-12-18)22(4,5)6/h7,9-12,16,19-20H,1-2,8,13-14H2,3-6H3. The molecule has 1 aromatic carbocycles. The minimum Gasteiger partial charge on any atom is -0.487 e. The maximum absolute atomic E-state index is 12.0. The van der Waals surface area contributed by atoms with E-state index in [0.29, 0.717) is 11.5 Å². The summed E-state index contributed by atoms with van der Waals surface area (Å²) in [6.45, 7) is 15.8. The van der Waals surface area contributed by atoms with Crippen LogP contribution in [0, 0.1) is 5.92 Å². The largest absolute Gasteiger partial charge is 0.487 e. The molecule has 3 atom stereocenters. The smallest absolute Gasteiger partial charge is 0.333 e. The summed E-state index contributed by atoms with van der Waals surface area (Å²) < 4.78 is 11.8. The van der Waals surface area contributed by atoms with Crippen molar-refractivity contribution in [2.24, 2.45) is 5.92 Å². The first-order valence-corrected chi connectivity index (χ1v) is 8.97. The molecule has 0 saturated heterocycles. The van der Waals surface area contributed by atoms with Crippen molar-refractivity contribution in [3.05, 3.63) is 54.6 Å². The molecule has 0 N–H and O–H groups in total. The van der Waals surface area contributed by atoms with Crippen LogP contribution in [-0.4, -0.2) is 18.2 Å². The number of hydrogen-bond donors (Lipinski definition) is 0. The third-order valence-corrected chi connectivity index (χ3v) is 4.72. The quantitative estimate of drug-likeness (QED) is 0.419. The second-order valence-electron chi connectivity index (χ2n) is 7.96. The van der Waals surface area contributed by atoms with E-state index in [1.807, 2.05) is 18.2 Å². The van der Waals surface area contributed by atoms with E-state index in [1.54, 1.807) is 6.92 Å². The fourth-order valence-electron chi connectivity index (χ4n) is 3.05. The van der Waals surface area contributed by atoms with Gasteiger partial charge in [0, 0.05) is 5.57 Å². The first kappa shape index (κ1) is 19.3. The van der Waals surface area contributed by atoms with Crippen LogP contribution < -0.4 is 4.74 Å². The molecule has 0 heterocycles. The summed E-state index contributed by atoms with van der Waals surface area (Å²) in [4.78, 5) is 12.0. The van der Waals surface area contributed by atoms with Crippen molar-refractivity contribution in [1.29, 1.82) is 0 Å². The van der Waals surface area contributed by atoms with Gasteiger partial charge in [0.05, 0.1) is 0 Å². The molecular weight excluding hydrogens is 312 g/mol. The predicted molar refractivity (Wildman–Crippen MR) is 102 cm³/mol. The van der Waals surface area contributed by atoms with E-state index < -0.39 is 0 Å². The zero-order chi connectivity index (χ0) is 18.6. The summed E-state index contributed by atoms with van der Waals surface area (Å²) in [7, 11) is 0. The molecule has 0 radical (unpaired) electrons. The van der Waals surface area contributed by atoms with Gasteiger partial charge in [0.15, 0.2) is 0 Å². The summed E-state index contributed by atoms with van der Waals surface area (Å²) in [5.74, 6) is 0.809. The average molecular weight is 342 g/mol. The van der Waals surface area contributed by atoms with Crippen LogP contribution in [0.1, 0.15) is 52.5 Å². The van der Waals surface area contributed by atoms with Crippen molar-refractivity contribution in [1.82, 2.24) is 0 Å².